The van der Waals surface area contributed by atoms with Gasteiger partial charge in [-0.3, -0.25) is 4.79 Å². The van der Waals surface area contributed by atoms with Crippen LogP contribution in [0, 0.1) is 5.82 Å². The molecule has 6 nitrogen and oxygen atoms in total. The van der Waals surface area contributed by atoms with Gasteiger partial charge >= 0.3 is 6.01 Å². The van der Waals surface area contributed by atoms with Crippen molar-refractivity contribution in [1.29, 1.82) is 0 Å². The van der Waals surface area contributed by atoms with Crippen LogP contribution in [0.1, 0.15) is 39.5 Å². The molecule has 1 aromatic heterocycles. The molecular formula is C22H25FN4O2. The SMILES string of the molecule is CCCCCC(=O)Nc1ccc(-n2nc(OCC)nc2-c2cccc(F)c2)cc1. The van der Waals surface area contributed by atoms with Crippen LogP contribution in [0.15, 0.2) is 48.5 Å². The summed E-state index contributed by atoms with van der Waals surface area (Å²) in [4.78, 5) is 16.4. The van der Waals surface area contributed by atoms with Crippen molar-refractivity contribution in [2.24, 2.45) is 0 Å². The summed E-state index contributed by atoms with van der Waals surface area (Å²) in [5.41, 5.74) is 2.04. The molecule has 0 aliphatic heterocycles. The number of nitrogens with one attached hydrogen (secondary N) is 1. The number of carbonyl (C=O) groups excluding carboxylic acids is 1. The smallest absolute Gasteiger partial charge is 0.336 e. The topological polar surface area (TPSA) is 69.0 Å². The van der Waals surface area contributed by atoms with Crippen molar-refractivity contribution in [2.75, 3.05) is 11.9 Å². The van der Waals surface area contributed by atoms with E-state index in [0.717, 1.165) is 24.9 Å². The second-order valence-electron chi connectivity index (χ2n) is 6.63. The second-order valence-corrected chi connectivity index (χ2v) is 6.63. The van der Waals surface area contributed by atoms with E-state index in [0.29, 0.717) is 30.1 Å². The van der Waals surface area contributed by atoms with Crippen LogP contribution in [0.4, 0.5) is 10.1 Å². The lowest BCUT2D eigenvalue weighted by molar-refractivity contribution is -0.116. The normalized spacial score (nSPS) is 10.7. The summed E-state index contributed by atoms with van der Waals surface area (Å²) < 4.78 is 20.7. The van der Waals surface area contributed by atoms with Crippen LogP contribution < -0.4 is 10.1 Å². The number of rotatable bonds is 9. The molecule has 0 bridgehead atoms. The predicted molar refractivity (Wildman–Crippen MR) is 111 cm³/mol. The number of anilines is 1. The number of hydrogen-bond acceptors (Lipinski definition) is 4. The zero-order valence-electron chi connectivity index (χ0n) is 16.7. The Hall–Kier alpha value is -3.22. The number of carbonyl (C=O) groups is 1. The number of amides is 1. The van der Waals surface area contributed by atoms with Crippen molar-refractivity contribution < 1.29 is 13.9 Å². The minimum absolute atomic E-state index is 0.00559. The van der Waals surface area contributed by atoms with Gasteiger partial charge in [0.1, 0.15) is 5.82 Å². The molecule has 0 saturated heterocycles. The van der Waals surface area contributed by atoms with Gasteiger partial charge in [0.2, 0.25) is 5.91 Å². The first-order valence-electron chi connectivity index (χ1n) is 9.86. The number of benzene rings is 2. The standard InChI is InChI=1S/C22H25FN4O2/c1-3-5-6-10-20(28)24-18-11-13-19(14-12-18)27-21(25-22(26-27)29-4-2)16-8-7-9-17(23)15-16/h7-9,11-15H,3-6,10H2,1-2H3,(H,24,28). The van der Waals surface area contributed by atoms with E-state index < -0.39 is 0 Å². The molecule has 1 amide bonds. The number of aromatic nitrogens is 3. The maximum absolute atomic E-state index is 13.7. The van der Waals surface area contributed by atoms with E-state index in [1.165, 1.54) is 12.1 Å². The van der Waals surface area contributed by atoms with Gasteiger partial charge in [0.15, 0.2) is 5.82 Å². The summed E-state index contributed by atoms with van der Waals surface area (Å²) in [6, 6.07) is 13.7. The highest BCUT2D eigenvalue weighted by Gasteiger charge is 2.15. The molecular weight excluding hydrogens is 371 g/mol. The van der Waals surface area contributed by atoms with Gasteiger partial charge in [-0.15, -0.1) is 5.10 Å². The van der Waals surface area contributed by atoms with Crippen molar-refractivity contribution in [3.8, 4) is 23.1 Å². The fourth-order valence-corrected chi connectivity index (χ4v) is 2.92. The fourth-order valence-electron chi connectivity index (χ4n) is 2.92. The lowest BCUT2D eigenvalue weighted by Crippen LogP contribution is -2.11. The molecule has 1 heterocycles. The molecule has 0 unspecified atom stereocenters. The Bertz CT molecular complexity index is 954. The first-order valence-corrected chi connectivity index (χ1v) is 9.86. The summed E-state index contributed by atoms with van der Waals surface area (Å²) in [5.74, 6) is 0.131. The first-order chi connectivity index (χ1) is 14.1. The van der Waals surface area contributed by atoms with E-state index in [4.69, 9.17) is 4.74 Å². The van der Waals surface area contributed by atoms with Crippen LogP contribution in [-0.2, 0) is 4.79 Å². The Kier molecular flexibility index (Phi) is 6.94. The third-order valence-corrected chi connectivity index (χ3v) is 4.35. The highest BCUT2D eigenvalue weighted by atomic mass is 19.1. The van der Waals surface area contributed by atoms with Gasteiger partial charge in [0.05, 0.1) is 12.3 Å². The highest BCUT2D eigenvalue weighted by Crippen LogP contribution is 2.25. The predicted octanol–water partition coefficient (Wildman–Crippen LogP) is 4.99. The molecule has 0 spiro atoms. The first kappa shape index (κ1) is 20.5. The molecule has 152 valence electrons. The van der Waals surface area contributed by atoms with Crippen LogP contribution in [0.25, 0.3) is 17.1 Å². The van der Waals surface area contributed by atoms with Crippen molar-refractivity contribution in [1.82, 2.24) is 14.8 Å². The van der Waals surface area contributed by atoms with Gasteiger partial charge in [-0.2, -0.15) is 4.98 Å². The highest BCUT2D eigenvalue weighted by molar-refractivity contribution is 5.90. The Morgan fingerprint density at radius 3 is 2.62 bits per heavy atom. The summed E-state index contributed by atoms with van der Waals surface area (Å²) >= 11 is 0. The van der Waals surface area contributed by atoms with E-state index in [2.05, 4.69) is 22.3 Å². The van der Waals surface area contributed by atoms with Crippen LogP contribution >= 0.6 is 0 Å². The summed E-state index contributed by atoms with van der Waals surface area (Å²) in [5, 5.41) is 7.29. The lowest BCUT2D eigenvalue weighted by Gasteiger charge is -2.08. The quantitative estimate of drug-likeness (QED) is 0.517. The number of nitrogens with zero attached hydrogens (tertiary/aromatic N) is 3. The minimum Gasteiger partial charge on any atom is -0.463 e. The minimum atomic E-state index is -0.351. The molecule has 1 N–H and O–H groups in total. The van der Waals surface area contributed by atoms with Crippen molar-refractivity contribution in [2.45, 2.75) is 39.5 Å². The fraction of sp³-hybridized carbons (Fsp3) is 0.318. The largest absolute Gasteiger partial charge is 0.463 e. The average molecular weight is 396 g/mol. The van der Waals surface area contributed by atoms with Crippen molar-refractivity contribution >= 4 is 11.6 Å². The molecule has 3 aromatic rings. The molecule has 0 aliphatic carbocycles. The van der Waals surface area contributed by atoms with Crippen molar-refractivity contribution in [3.05, 3.63) is 54.3 Å². The van der Waals surface area contributed by atoms with Crippen LogP contribution in [0.3, 0.4) is 0 Å². The van der Waals surface area contributed by atoms with E-state index in [1.807, 2.05) is 31.2 Å². The van der Waals surface area contributed by atoms with Gasteiger partial charge in [0, 0.05) is 17.7 Å². The monoisotopic (exact) mass is 396 g/mol. The molecule has 0 radical (unpaired) electrons. The van der Waals surface area contributed by atoms with Gasteiger partial charge in [0.25, 0.3) is 0 Å². The van der Waals surface area contributed by atoms with Crippen LogP contribution in [-0.4, -0.2) is 27.3 Å². The second kappa shape index (κ2) is 9.82. The molecule has 7 heteroatoms. The average Bonchev–Trinajstić information content (AvgIpc) is 3.13. The maximum Gasteiger partial charge on any atom is 0.336 e. The van der Waals surface area contributed by atoms with E-state index in [-0.39, 0.29) is 17.7 Å². The van der Waals surface area contributed by atoms with E-state index in [1.54, 1.807) is 16.8 Å². The molecule has 29 heavy (non-hydrogen) atoms. The Morgan fingerprint density at radius 1 is 1.14 bits per heavy atom. The molecule has 0 saturated carbocycles. The molecule has 0 aliphatic rings. The van der Waals surface area contributed by atoms with Crippen molar-refractivity contribution in [3.63, 3.8) is 0 Å². The maximum atomic E-state index is 13.7. The zero-order valence-corrected chi connectivity index (χ0v) is 16.7. The number of unbranched alkanes of at least 4 members (excludes halogenated alkanes) is 2. The molecule has 3 rings (SSSR count). The Labute approximate surface area is 169 Å². The molecule has 0 atom stereocenters. The summed E-state index contributed by atoms with van der Waals surface area (Å²) in [6.07, 6.45) is 3.53. The third-order valence-electron chi connectivity index (χ3n) is 4.35. The Balaban J connectivity index is 1.83. The van der Waals surface area contributed by atoms with Gasteiger partial charge in [-0.25, -0.2) is 9.07 Å². The van der Waals surface area contributed by atoms with Gasteiger partial charge < -0.3 is 10.1 Å². The van der Waals surface area contributed by atoms with E-state index >= 15 is 0 Å². The molecule has 0 fully saturated rings. The van der Waals surface area contributed by atoms with Crippen LogP contribution in [0.5, 0.6) is 6.01 Å². The Morgan fingerprint density at radius 2 is 1.93 bits per heavy atom. The lowest BCUT2D eigenvalue weighted by atomic mass is 10.2. The van der Waals surface area contributed by atoms with Gasteiger partial charge in [-0.05, 0) is 49.7 Å². The molecule has 2 aromatic carbocycles. The van der Waals surface area contributed by atoms with Crippen LogP contribution in [0.2, 0.25) is 0 Å². The van der Waals surface area contributed by atoms with E-state index in [9.17, 15) is 9.18 Å². The third kappa shape index (κ3) is 5.40. The zero-order chi connectivity index (χ0) is 20.6. The number of hydrogen-bond donors (Lipinski definition) is 1. The number of ether oxygens (including phenoxy) is 1. The van der Waals surface area contributed by atoms with Gasteiger partial charge in [-0.1, -0.05) is 31.9 Å². The summed E-state index contributed by atoms with van der Waals surface area (Å²) in [6.45, 7) is 4.38. The summed E-state index contributed by atoms with van der Waals surface area (Å²) in [7, 11) is 0. The number of halogens is 1.